The molecule has 2 aromatic rings. The van der Waals surface area contributed by atoms with Crippen LogP contribution in [0.4, 0.5) is 4.79 Å². The van der Waals surface area contributed by atoms with Crippen LogP contribution in [0.5, 0.6) is 0 Å². The number of carbonyl (C=O) groups excluding carboxylic acids is 1. The smallest absolute Gasteiger partial charge is 0.409 e. The molecule has 6 nitrogen and oxygen atoms in total. The number of guanidine groups is 1. The van der Waals surface area contributed by atoms with Gasteiger partial charge in [0, 0.05) is 30.6 Å². The van der Waals surface area contributed by atoms with Crippen molar-refractivity contribution in [2.24, 2.45) is 10.7 Å². The van der Waals surface area contributed by atoms with Crippen molar-refractivity contribution >= 4 is 58.6 Å². The number of thioether (sulfide) groups is 1. The number of rotatable bonds is 7. The Morgan fingerprint density at radius 3 is 2.73 bits per heavy atom. The fraction of sp³-hybridized carbons (Fsp3) is 0.455. The summed E-state index contributed by atoms with van der Waals surface area (Å²) in [5.74, 6) is 2.38. The highest BCUT2D eigenvalue weighted by Crippen LogP contribution is 2.22. The molecule has 1 aliphatic rings. The van der Waals surface area contributed by atoms with Gasteiger partial charge < -0.3 is 20.7 Å². The summed E-state index contributed by atoms with van der Waals surface area (Å²) in [6, 6.07) is 15.2. The van der Waals surface area contributed by atoms with Gasteiger partial charge >= 0.3 is 6.09 Å². The highest BCUT2D eigenvalue weighted by atomic mass is 127. The number of amides is 1. The largest absolute Gasteiger partial charge is 0.450 e. The third-order valence-electron chi connectivity index (χ3n) is 5.03. The van der Waals surface area contributed by atoms with Crippen LogP contribution in [0.25, 0.3) is 10.8 Å². The Bertz CT molecular complexity index is 836. The van der Waals surface area contributed by atoms with E-state index in [1.54, 1.807) is 4.90 Å². The molecule has 164 valence electrons. The minimum atomic E-state index is -0.226. The van der Waals surface area contributed by atoms with Crippen molar-refractivity contribution in [3.05, 3.63) is 48.0 Å². The predicted octanol–water partition coefficient (Wildman–Crippen LogP) is 4.22. The summed E-state index contributed by atoms with van der Waals surface area (Å²) >= 11 is 1.87. The van der Waals surface area contributed by atoms with E-state index in [9.17, 15) is 4.79 Å². The van der Waals surface area contributed by atoms with Crippen LogP contribution < -0.4 is 11.1 Å². The monoisotopic (exact) mass is 542 g/mol. The number of likely N-dealkylation sites (tertiary alicyclic amines) is 1. The molecule has 8 heteroatoms. The number of nitrogens with two attached hydrogens (primary N) is 1. The lowest BCUT2D eigenvalue weighted by atomic mass is 10.1. The maximum absolute atomic E-state index is 11.7. The first kappa shape index (κ1) is 24.6. The zero-order valence-electron chi connectivity index (χ0n) is 17.4. The summed E-state index contributed by atoms with van der Waals surface area (Å²) in [7, 11) is 0. The van der Waals surface area contributed by atoms with E-state index in [4.69, 9.17) is 10.5 Å². The second-order valence-corrected chi connectivity index (χ2v) is 8.17. The molecule has 1 saturated heterocycles. The molecule has 0 aromatic heterocycles. The van der Waals surface area contributed by atoms with Gasteiger partial charge in [0.15, 0.2) is 5.96 Å². The Balaban J connectivity index is 0.00000320. The highest BCUT2D eigenvalue weighted by molar-refractivity contribution is 14.0. The Labute approximate surface area is 200 Å². The van der Waals surface area contributed by atoms with Crippen molar-refractivity contribution in [3.8, 4) is 0 Å². The van der Waals surface area contributed by atoms with Gasteiger partial charge in [0.05, 0.1) is 13.2 Å². The van der Waals surface area contributed by atoms with Crippen LogP contribution >= 0.6 is 35.7 Å². The Hall–Kier alpha value is -1.68. The molecule has 0 spiro atoms. The van der Waals surface area contributed by atoms with E-state index in [-0.39, 0.29) is 36.1 Å². The second kappa shape index (κ2) is 12.9. The maximum Gasteiger partial charge on any atom is 0.409 e. The molecule has 1 aliphatic heterocycles. The molecule has 0 aliphatic carbocycles. The molecule has 2 aromatic carbocycles. The summed E-state index contributed by atoms with van der Waals surface area (Å²) in [6.07, 6.45) is 1.48. The number of nitrogens with zero attached hydrogens (tertiary/aromatic N) is 2. The third kappa shape index (κ3) is 7.23. The van der Waals surface area contributed by atoms with Gasteiger partial charge in [0.1, 0.15) is 0 Å². The normalized spacial score (nSPS) is 15.0. The number of fused-ring (bicyclic) bond motifs is 1. The van der Waals surface area contributed by atoms with E-state index < -0.39 is 0 Å². The van der Waals surface area contributed by atoms with Gasteiger partial charge in [-0.15, -0.1) is 24.0 Å². The van der Waals surface area contributed by atoms with Crippen molar-refractivity contribution in [3.63, 3.8) is 0 Å². The lowest BCUT2D eigenvalue weighted by Crippen LogP contribution is -2.48. The Kier molecular flexibility index (Phi) is 10.6. The molecule has 3 rings (SSSR count). The first-order valence-electron chi connectivity index (χ1n) is 10.2. The topological polar surface area (TPSA) is 80.0 Å². The fourth-order valence-electron chi connectivity index (χ4n) is 3.51. The van der Waals surface area contributed by atoms with Gasteiger partial charge in [0.2, 0.25) is 0 Å². The molecule has 0 radical (unpaired) electrons. The molecule has 1 amide bonds. The third-order valence-corrected chi connectivity index (χ3v) is 6.01. The summed E-state index contributed by atoms with van der Waals surface area (Å²) in [5.41, 5.74) is 7.40. The van der Waals surface area contributed by atoms with Crippen LogP contribution in [-0.2, 0) is 10.5 Å². The van der Waals surface area contributed by atoms with Gasteiger partial charge in [-0.2, -0.15) is 11.8 Å². The van der Waals surface area contributed by atoms with Crippen LogP contribution in [0, 0.1) is 0 Å². The van der Waals surface area contributed by atoms with Gasteiger partial charge in [-0.1, -0.05) is 42.5 Å². The van der Waals surface area contributed by atoms with Crippen LogP contribution in [0.1, 0.15) is 25.3 Å². The second-order valence-electron chi connectivity index (χ2n) is 7.06. The number of piperidine rings is 1. The van der Waals surface area contributed by atoms with E-state index in [2.05, 4.69) is 52.8 Å². The van der Waals surface area contributed by atoms with Gasteiger partial charge in [0.25, 0.3) is 0 Å². The quantitative estimate of drug-likeness (QED) is 0.237. The molecule has 1 fully saturated rings. The first-order valence-corrected chi connectivity index (χ1v) is 11.4. The van der Waals surface area contributed by atoms with E-state index in [0.717, 1.165) is 24.3 Å². The van der Waals surface area contributed by atoms with E-state index in [1.807, 2.05) is 18.7 Å². The average Bonchev–Trinajstić information content (AvgIpc) is 2.74. The van der Waals surface area contributed by atoms with Gasteiger partial charge in [-0.25, -0.2) is 4.79 Å². The Morgan fingerprint density at radius 1 is 1.23 bits per heavy atom. The number of aliphatic imine (C=N–C) groups is 1. The lowest BCUT2D eigenvalue weighted by Gasteiger charge is -2.31. The molecule has 0 bridgehead atoms. The molecule has 0 saturated carbocycles. The van der Waals surface area contributed by atoms with Crippen LogP contribution in [0.3, 0.4) is 0 Å². The minimum Gasteiger partial charge on any atom is -0.450 e. The highest BCUT2D eigenvalue weighted by Gasteiger charge is 2.23. The lowest BCUT2D eigenvalue weighted by molar-refractivity contribution is 0.0963. The van der Waals surface area contributed by atoms with Crippen molar-refractivity contribution < 1.29 is 9.53 Å². The van der Waals surface area contributed by atoms with E-state index in [0.29, 0.717) is 32.2 Å². The number of halogens is 1. The predicted molar refractivity (Wildman–Crippen MR) is 137 cm³/mol. The number of carbonyl (C=O) groups is 1. The zero-order valence-corrected chi connectivity index (χ0v) is 20.5. The molecule has 3 N–H and O–H groups in total. The van der Waals surface area contributed by atoms with Crippen LogP contribution in [-0.4, -0.2) is 55.0 Å². The summed E-state index contributed by atoms with van der Waals surface area (Å²) in [4.78, 5) is 17.9. The number of ether oxygens (including phenoxy) is 1. The van der Waals surface area contributed by atoms with E-state index in [1.165, 1.54) is 16.3 Å². The SMILES string of the molecule is CCOC(=O)N1CCC(NC(N)=NCCSCc2cccc3ccccc23)CC1.I. The molecule has 30 heavy (non-hydrogen) atoms. The number of hydrogen-bond acceptors (Lipinski definition) is 4. The fourth-order valence-corrected chi connectivity index (χ4v) is 4.34. The molecule has 0 atom stereocenters. The molecule has 0 unspecified atom stereocenters. The maximum atomic E-state index is 11.7. The summed E-state index contributed by atoms with van der Waals surface area (Å²) in [6.45, 7) is 4.30. The summed E-state index contributed by atoms with van der Waals surface area (Å²) in [5, 5.41) is 5.89. The number of hydrogen-bond donors (Lipinski definition) is 2. The van der Waals surface area contributed by atoms with Gasteiger partial charge in [-0.05, 0) is 36.1 Å². The van der Waals surface area contributed by atoms with Crippen LogP contribution in [0.2, 0.25) is 0 Å². The van der Waals surface area contributed by atoms with Gasteiger partial charge in [-0.3, -0.25) is 4.99 Å². The van der Waals surface area contributed by atoms with Crippen molar-refractivity contribution in [2.75, 3.05) is 32.0 Å². The summed E-state index contributed by atoms with van der Waals surface area (Å²) < 4.78 is 5.05. The first-order chi connectivity index (χ1) is 14.2. The zero-order chi connectivity index (χ0) is 20.5. The van der Waals surface area contributed by atoms with E-state index >= 15 is 0 Å². The minimum absolute atomic E-state index is 0. The standard InChI is InChI=1S/C22H30N4O2S.HI/c1-2-28-22(27)26-13-10-19(11-14-26)25-21(23)24-12-15-29-16-18-8-5-7-17-6-3-4-9-20(17)18;/h3-9,19H,2,10-16H2,1H3,(H3,23,24,25);1H. The van der Waals surface area contributed by atoms with Crippen LogP contribution in [0.15, 0.2) is 47.5 Å². The molecular formula is C22H31IN4O2S. The number of nitrogens with one attached hydrogen (secondary N) is 1. The average molecular weight is 542 g/mol. The van der Waals surface area contributed by atoms with Crippen molar-refractivity contribution in [2.45, 2.75) is 31.6 Å². The molecular weight excluding hydrogens is 511 g/mol. The Morgan fingerprint density at radius 2 is 1.97 bits per heavy atom. The number of benzene rings is 2. The van der Waals surface area contributed by atoms with Crippen molar-refractivity contribution in [1.82, 2.24) is 10.2 Å². The molecule has 1 heterocycles. The van der Waals surface area contributed by atoms with Crippen molar-refractivity contribution in [1.29, 1.82) is 0 Å².